The van der Waals surface area contributed by atoms with Gasteiger partial charge in [0.1, 0.15) is 22.7 Å². The van der Waals surface area contributed by atoms with Crippen molar-refractivity contribution in [2.75, 3.05) is 0 Å². The summed E-state index contributed by atoms with van der Waals surface area (Å²) in [4.78, 5) is 28.1. The standard InChI is InChI=1S/C16H20ClNO3/c1-15(2)8-10(19)9-16(3,4)14(15)21-13(20)11-6-5-7-12(17)18-11/h5-7,14H,8-9H2,1-4H3. The molecule has 0 spiro atoms. The number of pyridine rings is 1. The maximum absolute atomic E-state index is 12.3. The van der Waals surface area contributed by atoms with Crippen LogP contribution in [0.2, 0.25) is 5.15 Å². The molecule has 1 fully saturated rings. The van der Waals surface area contributed by atoms with Gasteiger partial charge in [0.05, 0.1) is 0 Å². The number of esters is 1. The lowest BCUT2D eigenvalue weighted by Gasteiger charge is -2.47. The van der Waals surface area contributed by atoms with Crippen LogP contribution in [0.3, 0.4) is 0 Å². The zero-order valence-corrected chi connectivity index (χ0v) is 13.5. The fourth-order valence-electron chi connectivity index (χ4n) is 3.33. The van der Waals surface area contributed by atoms with Gasteiger partial charge in [0.15, 0.2) is 0 Å². The van der Waals surface area contributed by atoms with Crippen molar-refractivity contribution in [1.29, 1.82) is 0 Å². The first-order valence-corrected chi connectivity index (χ1v) is 7.35. The maximum atomic E-state index is 12.3. The Morgan fingerprint density at radius 3 is 2.33 bits per heavy atom. The van der Waals surface area contributed by atoms with E-state index in [9.17, 15) is 9.59 Å². The molecule has 1 saturated carbocycles. The van der Waals surface area contributed by atoms with E-state index in [1.807, 2.05) is 27.7 Å². The molecule has 4 nitrogen and oxygen atoms in total. The molecule has 114 valence electrons. The molecular formula is C16H20ClNO3. The van der Waals surface area contributed by atoms with Gasteiger partial charge in [-0.3, -0.25) is 4.79 Å². The van der Waals surface area contributed by atoms with Crippen LogP contribution < -0.4 is 0 Å². The summed E-state index contributed by atoms with van der Waals surface area (Å²) in [6, 6.07) is 4.83. The van der Waals surface area contributed by atoms with E-state index in [4.69, 9.17) is 16.3 Å². The number of hydrogen-bond donors (Lipinski definition) is 0. The number of hydrogen-bond acceptors (Lipinski definition) is 4. The van der Waals surface area contributed by atoms with Crippen molar-refractivity contribution < 1.29 is 14.3 Å². The van der Waals surface area contributed by atoms with Crippen LogP contribution in [0.4, 0.5) is 0 Å². The first-order valence-electron chi connectivity index (χ1n) is 6.97. The van der Waals surface area contributed by atoms with E-state index in [0.717, 1.165) is 0 Å². The predicted octanol–water partition coefficient (Wildman–Crippen LogP) is 3.68. The molecular weight excluding hydrogens is 290 g/mol. The molecule has 0 saturated heterocycles. The van der Waals surface area contributed by atoms with Gasteiger partial charge in [0, 0.05) is 23.7 Å². The highest BCUT2D eigenvalue weighted by molar-refractivity contribution is 6.29. The molecule has 5 heteroatoms. The summed E-state index contributed by atoms with van der Waals surface area (Å²) >= 11 is 5.80. The number of aromatic nitrogens is 1. The topological polar surface area (TPSA) is 56.3 Å². The highest BCUT2D eigenvalue weighted by Crippen LogP contribution is 2.46. The highest BCUT2D eigenvalue weighted by atomic mass is 35.5. The monoisotopic (exact) mass is 309 g/mol. The second-order valence-corrected chi connectivity index (χ2v) is 7.39. The van der Waals surface area contributed by atoms with Gasteiger partial charge in [0.25, 0.3) is 0 Å². The fourth-order valence-corrected chi connectivity index (χ4v) is 3.49. The third-order valence-corrected chi connectivity index (χ3v) is 4.08. The molecule has 0 bridgehead atoms. The van der Waals surface area contributed by atoms with Crippen LogP contribution in [-0.4, -0.2) is 22.8 Å². The second kappa shape index (κ2) is 5.41. The number of Topliss-reactive ketones (excluding diaryl/α,β-unsaturated/α-hetero) is 1. The number of rotatable bonds is 2. The molecule has 1 aliphatic rings. The molecule has 0 aliphatic heterocycles. The van der Waals surface area contributed by atoms with Gasteiger partial charge in [-0.15, -0.1) is 0 Å². The van der Waals surface area contributed by atoms with Crippen LogP contribution >= 0.6 is 11.6 Å². The number of ketones is 1. The van der Waals surface area contributed by atoms with Gasteiger partial charge >= 0.3 is 5.97 Å². The fraction of sp³-hybridized carbons (Fsp3) is 0.562. The average molecular weight is 310 g/mol. The number of ether oxygens (including phenoxy) is 1. The normalized spacial score (nSPS) is 21.1. The SMILES string of the molecule is CC1(C)CC(=O)CC(C)(C)C1OC(=O)c1cccc(Cl)n1. The Bertz CT molecular complexity index is 561. The molecule has 1 aromatic rings. The van der Waals surface area contributed by atoms with Gasteiger partial charge < -0.3 is 4.74 Å². The molecule has 0 N–H and O–H groups in total. The van der Waals surface area contributed by atoms with E-state index in [-0.39, 0.29) is 22.7 Å². The molecule has 0 aromatic carbocycles. The Kier molecular flexibility index (Phi) is 4.11. The quantitative estimate of drug-likeness (QED) is 0.618. The minimum Gasteiger partial charge on any atom is -0.456 e. The third kappa shape index (κ3) is 3.43. The second-order valence-electron chi connectivity index (χ2n) is 7.00. The van der Waals surface area contributed by atoms with Crippen LogP contribution in [0.1, 0.15) is 51.0 Å². The summed E-state index contributed by atoms with van der Waals surface area (Å²) in [5.74, 6) is -0.295. The smallest absolute Gasteiger partial charge is 0.357 e. The zero-order chi connectivity index (χ0) is 15.8. The summed E-state index contributed by atoms with van der Waals surface area (Å²) in [5.41, 5.74) is -0.605. The van der Waals surface area contributed by atoms with Crippen molar-refractivity contribution >= 4 is 23.4 Å². The zero-order valence-electron chi connectivity index (χ0n) is 12.8. The molecule has 1 aliphatic carbocycles. The number of nitrogens with zero attached hydrogens (tertiary/aromatic N) is 1. The number of halogens is 1. The average Bonchev–Trinajstić information content (AvgIpc) is 2.32. The van der Waals surface area contributed by atoms with Crippen LogP contribution in [-0.2, 0) is 9.53 Å². The lowest BCUT2D eigenvalue weighted by atomic mass is 9.62. The molecule has 0 radical (unpaired) electrons. The molecule has 1 aromatic heterocycles. The Morgan fingerprint density at radius 2 is 1.81 bits per heavy atom. The molecule has 2 rings (SSSR count). The van der Waals surface area contributed by atoms with Crippen molar-refractivity contribution in [2.24, 2.45) is 10.8 Å². The minimum absolute atomic E-state index is 0.186. The first-order chi connectivity index (χ1) is 9.62. The summed E-state index contributed by atoms with van der Waals surface area (Å²) in [5, 5.41) is 0.252. The van der Waals surface area contributed by atoms with Gasteiger partial charge in [-0.25, -0.2) is 9.78 Å². The lowest BCUT2D eigenvalue weighted by Crippen LogP contribution is -2.50. The number of carbonyl (C=O) groups excluding carboxylic acids is 2. The molecule has 0 amide bonds. The van der Waals surface area contributed by atoms with E-state index in [1.54, 1.807) is 18.2 Å². The van der Waals surface area contributed by atoms with Crippen molar-refractivity contribution in [3.8, 4) is 0 Å². The van der Waals surface area contributed by atoms with Crippen LogP contribution in [0.5, 0.6) is 0 Å². The van der Waals surface area contributed by atoms with Crippen molar-refractivity contribution in [1.82, 2.24) is 4.98 Å². The van der Waals surface area contributed by atoms with Gasteiger partial charge in [-0.05, 0) is 12.1 Å². The molecule has 0 atom stereocenters. The largest absolute Gasteiger partial charge is 0.456 e. The van der Waals surface area contributed by atoms with Gasteiger partial charge in [-0.1, -0.05) is 45.4 Å². The number of carbonyl (C=O) groups is 2. The van der Waals surface area contributed by atoms with E-state index >= 15 is 0 Å². The Balaban J connectivity index is 2.24. The first kappa shape index (κ1) is 16.0. The van der Waals surface area contributed by atoms with E-state index < -0.39 is 16.8 Å². The van der Waals surface area contributed by atoms with Crippen molar-refractivity contribution in [3.05, 3.63) is 29.0 Å². The molecule has 21 heavy (non-hydrogen) atoms. The summed E-state index contributed by atoms with van der Waals surface area (Å²) < 4.78 is 5.70. The van der Waals surface area contributed by atoms with Gasteiger partial charge in [0.2, 0.25) is 0 Å². The molecule has 1 heterocycles. The third-order valence-electron chi connectivity index (χ3n) is 3.87. The van der Waals surface area contributed by atoms with Crippen molar-refractivity contribution in [2.45, 2.75) is 46.6 Å². The summed E-state index contributed by atoms with van der Waals surface area (Å²) in [6.07, 6.45) is 0.477. The molecule has 0 unspecified atom stereocenters. The van der Waals surface area contributed by atoms with Crippen LogP contribution in [0.15, 0.2) is 18.2 Å². The van der Waals surface area contributed by atoms with E-state index in [2.05, 4.69) is 4.98 Å². The predicted molar refractivity (Wildman–Crippen MR) is 80.3 cm³/mol. The van der Waals surface area contributed by atoms with Crippen LogP contribution in [0, 0.1) is 10.8 Å². The van der Waals surface area contributed by atoms with E-state index in [0.29, 0.717) is 12.8 Å². The Hall–Kier alpha value is -1.42. The van der Waals surface area contributed by atoms with Crippen LogP contribution in [0.25, 0.3) is 0 Å². The lowest BCUT2D eigenvalue weighted by molar-refractivity contribution is -0.141. The Labute approximate surface area is 129 Å². The highest BCUT2D eigenvalue weighted by Gasteiger charge is 2.49. The van der Waals surface area contributed by atoms with Gasteiger partial charge in [-0.2, -0.15) is 0 Å². The van der Waals surface area contributed by atoms with Crippen molar-refractivity contribution in [3.63, 3.8) is 0 Å². The Morgan fingerprint density at radius 1 is 1.24 bits per heavy atom. The summed E-state index contributed by atoms with van der Waals surface area (Å²) in [7, 11) is 0. The maximum Gasteiger partial charge on any atom is 0.357 e. The minimum atomic E-state index is -0.502. The van der Waals surface area contributed by atoms with E-state index in [1.165, 1.54) is 0 Å². The summed E-state index contributed by atoms with van der Waals surface area (Å²) in [6.45, 7) is 7.81.